The van der Waals surface area contributed by atoms with Gasteiger partial charge in [-0.25, -0.2) is 0 Å². The van der Waals surface area contributed by atoms with Gasteiger partial charge in [-0.2, -0.15) is 0 Å². The molecular weight excluding hydrogens is 312 g/mol. The second-order valence-corrected chi connectivity index (χ2v) is 6.38. The van der Waals surface area contributed by atoms with Crippen LogP contribution in [0.1, 0.15) is 0 Å². The molecule has 3 aromatic carbocycles. The number of hydrogen-bond donors (Lipinski definition) is 2. The zero-order valence-electron chi connectivity index (χ0n) is 11.8. The summed E-state index contributed by atoms with van der Waals surface area (Å²) in [7, 11) is 0. The molecule has 0 aromatic heterocycles. The third-order valence-electron chi connectivity index (χ3n) is 3.36. The minimum atomic E-state index is 0.713. The molecule has 22 heavy (non-hydrogen) atoms. The van der Waals surface area contributed by atoms with Gasteiger partial charge < -0.3 is 11.5 Å². The quantitative estimate of drug-likeness (QED) is 0.640. The highest BCUT2D eigenvalue weighted by Gasteiger charge is 2.09. The van der Waals surface area contributed by atoms with Gasteiger partial charge in [0.1, 0.15) is 0 Å². The Morgan fingerprint density at radius 1 is 0.727 bits per heavy atom. The molecule has 0 aliphatic carbocycles. The highest BCUT2D eigenvalue weighted by molar-refractivity contribution is 7.99. The molecule has 0 atom stereocenters. The van der Waals surface area contributed by atoms with Crippen LogP contribution in [0.15, 0.2) is 76.5 Å². The molecule has 0 unspecified atom stereocenters. The number of anilines is 2. The van der Waals surface area contributed by atoms with Gasteiger partial charge in [0.15, 0.2) is 0 Å². The Morgan fingerprint density at radius 3 is 2.14 bits per heavy atom. The Balaban J connectivity index is 1.99. The van der Waals surface area contributed by atoms with Gasteiger partial charge in [-0.15, -0.1) is 0 Å². The highest BCUT2D eigenvalue weighted by atomic mass is 35.5. The number of hydrogen-bond acceptors (Lipinski definition) is 3. The first-order chi connectivity index (χ1) is 10.6. The summed E-state index contributed by atoms with van der Waals surface area (Å²) >= 11 is 7.52. The summed E-state index contributed by atoms with van der Waals surface area (Å²) in [6.45, 7) is 0. The molecule has 0 amide bonds. The second-order valence-electron chi connectivity index (χ2n) is 4.86. The van der Waals surface area contributed by atoms with E-state index in [-0.39, 0.29) is 0 Å². The molecule has 0 aliphatic heterocycles. The van der Waals surface area contributed by atoms with Crippen molar-refractivity contribution in [1.82, 2.24) is 0 Å². The third kappa shape index (κ3) is 3.06. The number of nitrogen functional groups attached to an aromatic ring is 2. The van der Waals surface area contributed by atoms with Crippen LogP contribution in [0, 0.1) is 0 Å². The number of nitrogens with two attached hydrogens (primary N) is 2. The van der Waals surface area contributed by atoms with Crippen LogP contribution in [-0.2, 0) is 0 Å². The van der Waals surface area contributed by atoms with Crippen molar-refractivity contribution < 1.29 is 0 Å². The van der Waals surface area contributed by atoms with Gasteiger partial charge >= 0.3 is 0 Å². The molecular formula is C18H15ClN2S. The molecule has 3 aromatic rings. The Kier molecular flexibility index (Phi) is 4.27. The van der Waals surface area contributed by atoms with Gasteiger partial charge in [-0.3, -0.25) is 0 Å². The summed E-state index contributed by atoms with van der Waals surface area (Å²) in [6, 6.07) is 21.5. The largest absolute Gasteiger partial charge is 0.398 e. The minimum absolute atomic E-state index is 0.713. The molecule has 0 fully saturated rings. The van der Waals surface area contributed by atoms with E-state index in [0.717, 1.165) is 32.3 Å². The molecule has 4 N–H and O–H groups in total. The summed E-state index contributed by atoms with van der Waals surface area (Å²) in [4.78, 5) is 1.99. The molecule has 0 radical (unpaired) electrons. The fourth-order valence-corrected chi connectivity index (χ4v) is 3.27. The van der Waals surface area contributed by atoms with E-state index in [1.165, 1.54) is 0 Å². The van der Waals surface area contributed by atoms with Crippen LogP contribution >= 0.6 is 23.4 Å². The van der Waals surface area contributed by atoms with Crippen molar-refractivity contribution in [2.24, 2.45) is 0 Å². The third-order valence-corrected chi connectivity index (χ3v) is 4.78. The van der Waals surface area contributed by atoms with Crippen molar-refractivity contribution in [2.75, 3.05) is 11.5 Å². The maximum atomic E-state index is 6.36. The first kappa shape index (κ1) is 14.8. The minimum Gasteiger partial charge on any atom is -0.398 e. The Morgan fingerprint density at radius 2 is 1.41 bits per heavy atom. The van der Waals surface area contributed by atoms with Crippen LogP contribution < -0.4 is 11.5 Å². The maximum Gasteiger partial charge on any atom is 0.0535 e. The van der Waals surface area contributed by atoms with Crippen molar-refractivity contribution in [3.8, 4) is 11.1 Å². The van der Waals surface area contributed by atoms with Crippen molar-refractivity contribution in [1.29, 1.82) is 0 Å². The second kappa shape index (κ2) is 6.34. The van der Waals surface area contributed by atoms with E-state index in [9.17, 15) is 0 Å². The molecule has 0 spiro atoms. The summed E-state index contributed by atoms with van der Waals surface area (Å²) in [5.74, 6) is 0. The molecule has 110 valence electrons. The smallest absolute Gasteiger partial charge is 0.0535 e. The lowest BCUT2D eigenvalue weighted by Gasteiger charge is -2.12. The van der Waals surface area contributed by atoms with E-state index < -0.39 is 0 Å². The summed E-state index contributed by atoms with van der Waals surface area (Å²) in [5.41, 5.74) is 15.9. The average Bonchev–Trinajstić information content (AvgIpc) is 2.52. The summed E-state index contributed by atoms with van der Waals surface area (Å²) in [6.07, 6.45) is 0. The van der Waals surface area contributed by atoms with E-state index in [4.69, 9.17) is 23.1 Å². The van der Waals surface area contributed by atoms with Crippen LogP contribution in [0.5, 0.6) is 0 Å². The zero-order chi connectivity index (χ0) is 15.5. The van der Waals surface area contributed by atoms with Gasteiger partial charge in [-0.1, -0.05) is 59.8 Å². The van der Waals surface area contributed by atoms with Crippen LogP contribution in [0.3, 0.4) is 0 Å². The van der Waals surface area contributed by atoms with Crippen molar-refractivity contribution in [3.63, 3.8) is 0 Å². The molecule has 0 heterocycles. The number of benzene rings is 3. The van der Waals surface area contributed by atoms with E-state index in [2.05, 4.69) is 0 Å². The van der Waals surface area contributed by atoms with Crippen LogP contribution in [0.4, 0.5) is 11.4 Å². The van der Waals surface area contributed by atoms with Gasteiger partial charge in [0.05, 0.1) is 5.69 Å². The lowest BCUT2D eigenvalue weighted by molar-refractivity contribution is 1.41. The van der Waals surface area contributed by atoms with Gasteiger partial charge in [0, 0.05) is 26.1 Å². The van der Waals surface area contributed by atoms with Crippen molar-refractivity contribution in [3.05, 3.63) is 71.8 Å². The monoisotopic (exact) mass is 326 g/mol. The van der Waals surface area contributed by atoms with E-state index in [1.54, 1.807) is 11.8 Å². The van der Waals surface area contributed by atoms with Crippen LogP contribution in [-0.4, -0.2) is 0 Å². The summed E-state index contributed by atoms with van der Waals surface area (Å²) < 4.78 is 0. The average molecular weight is 327 g/mol. The number of rotatable bonds is 3. The zero-order valence-corrected chi connectivity index (χ0v) is 13.4. The maximum absolute atomic E-state index is 6.36. The van der Waals surface area contributed by atoms with E-state index in [0.29, 0.717) is 5.02 Å². The molecule has 4 heteroatoms. The van der Waals surface area contributed by atoms with Gasteiger partial charge in [-0.05, 0) is 35.9 Å². The lowest BCUT2D eigenvalue weighted by atomic mass is 10.0. The molecule has 3 rings (SSSR count). The highest BCUT2D eigenvalue weighted by Crippen LogP contribution is 2.39. The molecule has 0 aliphatic rings. The van der Waals surface area contributed by atoms with E-state index in [1.807, 2.05) is 66.7 Å². The van der Waals surface area contributed by atoms with Gasteiger partial charge in [0.2, 0.25) is 0 Å². The standard InChI is InChI=1S/C18H15ClN2S/c19-13-10-8-12(9-11-13)14-4-3-7-17(18(14)21)22-16-6-2-1-5-15(16)20/h1-11H,20-21H2. The van der Waals surface area contributed by atoms with Gasteiger partial charge in [0.25, 0.3) is 0 Å². The Bertz CT molecular complexity index is 800. The fourth-order valence-electron chi connectivity index (χ4n) is 2.21. The predicted octanol–water partition coefficient (Wildman–Crippen LogP) is 5.32. The molecule has 0 bridgehead atoms. The lowest BCUT2D eigenvalue weighted by Crippen LogP contribution is -1.94. The topological polar surface area (TPSA) is 52.0 Å². The first-order valence-electron chi connectivity index (χ1n) is 6.82. The SMILES string of the molecule is Nc1ccccc1Sc1cccc(-c2ccc(Cl)cc2)c1N. The van der Waals surface area contributed by atoms with Crippen molar-refractivity contribution >= 4 is 34.7 Å². The van der Waals surface area contributed by atoms with Crippen molar-refractivity contribution in [2.45, 2.75) is 9.79 Å². The first-order valence-corrected chi connectivity index (χ1v) is 8.01. The number of para-hydroxylation sites is 2. The molecule has 2 nitrogen and oxygen atoms in total. The molecule has 0 saturated heterocycles. The molecule has 0 saturated carbocycles. The number of halogens is 1. The Labute approximate surface area is 139 Å². The Hall–Kier alpha value is -2.10. The van der Waals surface area contributed by atoms with E-state index >= 15 is 0 Å². The summed E-state index contributed by atoms with van der Waals surface area (Å²) in [5, 5.41) is 0.713. The predicted molar refractivity (Wildman–Crippen MR) is 96.3 cm³/mol. The fraction of sp³-hybridized carbons (Fsp3) is 0. The van der Waals surface area contributed by atoms with Crippen LogP contribution in [0.2, 0.25) is 5.02 Å². The van der Waals surface area contributed by atoms with Crippen LogP contribution in [0.25, 0.3) is 11.1 Å². The normalized spacial score (nSPS) is 10.6.